The standard InChI is InChI=1S/C11H16O5S/c1-10-2-4-11(5-3-10)16-7-6-15-8-9-17(12,13)14/h2-5H,6-9H2,1H3,(H,12,13,14)/p-1. The number of benzene rings is 1. The minimum atomic E-state index is -4.18. The van der Waals surface area contributed by atoms with Crippen LogP contribution in [0.15, 0.2) is 24.3 Å². The van der Waals surface area contributed by atoms with Crippen LogP contribution in [-0.2, 0) is 14.9 Å². The van der Waals surface area contributed by atoms with Crippen molar-refractivity contribution in [1.29, 1.82) is 0 Å². The van der Waals surface area contributed by atoms with Gasteiger partial charge in [-0.25, -0.2) is 8.42 Å². The molecule has 0 aliphatic rings. The highest BCUT2D eigenvalue weighted by Crippen LogP contribution is 2.10. The normalized spacial score (nSPS) is 11.4. The van der Waals surface area contributed by atoms with Crippen molar-refractivity contribution < 1.29 is 22.4 Å². The first kappa shape index (κ1) is 14.0. The summed E-state index contributed by atoms with van der Waals surface area (Å²) in [6.45, 7) is 2.46. The lowest BCUT2D eigenvalue weighted by molar-refractivity contribution is 0.110. The van der Waals surface area contributed by atoms with Crippen LogP contribution in [0.25, 0.3) is 0 Å². The number of aryl methyl sites for hydroxylation is 1. The monoisotopic (exact) mass is 259 g/mol. The molecular weight excluding hydrogens is 244 g/mol. The quantitative estimate of drug-likeness (QED) is 0.538. The molecule has 0 radical (unpaired) electrons. The van der Waals surface area contributed by atoms with Crippen LogP contribution in [0.2, 0.25) is 0 Å². The molecule has 0 aromatic heterocycles. The number of hydrogen-bond acceptors (Lipinski definition) is 5. The van der Waals surface area contributed by atoms with E-state index in [0.717, 1.165) is 11.3 Å². The summed E-state index contributed by atoms with van der Waals surface area (Å²) in [5.74, 6) is 0.230. The average molecular weight is 259 g/mol. The molecule has 0 unspecified atom stereocenters. The van der Waals surface area contributed by atoms with Gasteiger partial charge in [0, 0.05) is 0 Å². The maximum absolute atomic E-state index is 10.3. The maximum Gasteiger partial charge on any atom is 0.119 e. The average Bonchev–Trinajstić information content (AvgIpc) is 2.24. The van der Waals surface area contributed by atoms with Gasteiger partial charge < -0.3 is 14.0 Å². The van der Waals surface area contributed by atoms with Gasteiger partial charge in [0.1, 0.15) is 12.4 Å². The van der Waals surface area contributed by atoms with Crippen molar-refractivity contribution in [3.63, 3.8) is 0 Å². The number of ether oxygens (including phenoxy) is 2. The van der Waals surface area contributed by atoms with Crippen LogP contribution in [0.5, 0.6) is 5.75 Å². The van der Waals surface area contributed by atoms with E-state index in [1.165, 1.54) is 0 Å². The van der Waals surface area contributed by atoms with Crippen LogP contribution in [0.4, 0.5) is 0 Å². The Labute approximate surface area is 101 Å². The third kappa shape index (κ3) is 6.93. The molecule has 0 N–H and O–H groups in total. The van der Waals surface area contributed by atoms with Gasteiger partial charge in [-0.15, -0.1) is 0 Å². The molecule has 0 amide bonds. The zero-order valence-electron chi connectivity index (χ0n) is 9.59. The van der Waals surface area contributed by atoms with E-state index in [9.17, 15) is 13.0 Å². The fourth-order valence-electron chi connectivity index (χ4n) is 1.12. The smallest absolute Gasteiger partial charge is 0.119 e. The van der Waals surface area contributed by atoms with E-state index < -0.39 is 15.9 Å². The van der Waals surface area contributed by atoms with E-state index in [1.54, 1.807) is 0 Å². The molecule has 5 nitrogen and oxygen atoms in total. The van der Waals surface area contributed by atoms with E-state index >= 15 is 0 Å². The highest BCUT2D eigenvalue weighted by molar-refractivity contribution is 7.85. The summed E-state index contributed by atoms with van der Waals surface area (Å²) in [5.41, 5.74) is 1.15. The molecule has 0 saturated carbocycles. The molecule has 0 saturated heterocycles. The maximum atomic E-state index is 10.3. The molecule has 0 heterocycles. The molecule has 0 aliphatic heterocycles. The van der Waals surface area contributed by atoms with Crippen LogP contribution in [-0.4, -0.2) is 38.5 Å². The Morgan fingerprint density at radius 2 is 1.76 bits per heavy atom. The predicted molar refractivity (Wildman–Crippen MR) is 62.1 cm³/mol. The Bertz CT molecular complexity index is 424. The third-order valence-electron chi connectivity index (χ3n) is 2.00. The van der Waals surface area contributed by atoms with Crippen molar-refractivity contribution >= 4 is 10.1 Å². The zero-order valence-corrected chi connectivity index (χ0v) is 10.4. The first-order chi connectivity index (χ1) is 7.97. The van der Waals surface area contributed by atoms with Gasteiger partial charge in [-0.05, 0) is 19.1 Å². The minimum absolute atomic E-state index is 0.0942. The summed E-state index contributed by atoms with van der Waals surface area (Å²) >= 11 is 0. The van der Waals surface area contributed by atoms with E-state index in [1.807, 2.05) is 31.2 Å². The number of rotatable bonds is 7. The van der Waals surface area contributed by atoms with Crippen molar-refractivity contribution in [2.75, 3.05) is 25.6 Å². The fourth-order valence-corrected chi connectivity index (χ4v) is 1.44. The molecular formula is C11H15O5S-. The van der Waals surface area contributed by atoms with Crippen LogP contribution >= 0.6 is 0 Å². The molecule has 96 valence electrons. The van der Waals surface area contributed by atoms with Crippen LogP contribution in [0.3, 0.4) is 0 Å². The van der Waals surface area contributed by atoms with Crippen LogP contribution in [0, 0.1) is 6.92 Å². The van der Waals surface area contributed by atoms with Crippen molar-refractivity contribution in [2.24, 2.45) is 0 Å². The Morgan fingerprint density at radius 3 is 2.35 bits per heavy atom. The van der Waals surface area contributed by atoms with Crippen molar-refractivity contribution in [1.82, 2.24) is 0 Å². The van der Waals surface area contributed by atoms with E-state index in [0.29, 0.717) is 6.61 Å². The van der Waals surface area contributed by atoms with E-state index in [4.69, 9.17) is 9.47 Å². The van der Waals surface area contributed by atoms with Gasteiger partial charge in [0.25, 0.3) is 0 Å². The highest BCUT2D eigenvalue weighted by Gasteiger charge is 1.96. The van der Waals surface area contributed by atoms with Gasteiger partial charge in [0.2, 0.25) is 0 Å². The fraction of sp³-hybridized carbons (Fsp3) is 0.455. The lowest BCUT2D eigenvalue weighted by Gasteiger charge is -2.09. The molecule has 1 rings (SSSR count). The summed E-state index contributed by atoms with van der Waals surface area (Å²) in [5, 5.41) is 0. The second kappa shape index (κ2) is 6.58. The molecule has 6 heteroatoms. The lowest BCUT2D eigenvalue weighted by atomic mass is 10.2. The summed E-state index contributed by atoms with van der Waals surface area (Å²) in [7, 11) is -4.18. The molecule has 0 aliphatic carbocycles. The Balaban J connectivity index is 2.10. The molecule has 0 fully saturated rings. The lowest BCUT2D eigenvalue weighted by Crippen LogP contribution is -2.14. The molecule has 1 aromatic rings. The van der Waals surface area contributed by atoms with Crippen LogP contribution in [0.1, 0.15) is 5.56 Å². The summed E-state index contributed by atoms with van der Waals surface area (Å²) < 4.78 is 41.0. The summed E-state index contributed by atoms with van der Waals surface area (Å²) in [6, 6.07) is 7.55. The first-order valence-corrected chi connectivity index (χ1v) is 6.76. The van der Waals surface area contributed by atoms with Gasteiger partial charge in [-0.1, -0.05) is 17.7 Å². The first-order valence-electron chi connectivity index (χ1n) is 5.18. The molecule has 17 heavy (non-hydrogen) atoms. The Kier molecular flexibility index (Phi) is 5.40. The topological polar surface area (TPSA) is 75.7 Å². The van der Waals surface area contributed by atoms with Gasteiger partial charge in [-0.3, -0.25) is 0 Å². The molecule has 0 bridgehead atoms. The largest absolute Gasteiger partial charge is 0.748 e. The van der Waals surface area contributed by atoms with Crippen molar-refractivity contribution in [3.8, 4) is 5.75 Å². The van der Waals surface area contributed by atoms with Gasteiger partial charge in [-0.2, -0.15) is 0 Å². The molecule has 0 spiro atoms. The van der Waals surface area contributed by atoms with Crippen molar-refractivity contribution in [3.05, 3.63) is 29.8 Å². The second-order valence-electron chi connectivity index (χ2n) is 3.54. The minimum Gasteiger partial charge on any atom is -0.748 e. The Hall–Kier alpha value is -1.11. The van der Waals surface area contributed by atoms with Crippen molar-refractivity contribution in [2.45, 2.75) is 6.92 Å². The van der Waals surface area contributed by atoms with E-state index in [-0.39, 0.29) is 13.2 Å². The molecule has 0 atom stereocenters. The Morgan fingerprint density at radius 1 is 1.12 bits per heavy atom. The van der Waals surface area contributed by atoms with Gasteiger partial charge >= 0.3 is 0 Å². The van der Waals surface area contributed by atoms with Gasteiger partial charge in [0.05, 0.1) is 29.1 Å². The summed E-state index contributed by atoms with van der Waals surface area (Å²) in [6.07, 6.45) is 0. The highest BCUT2D eigenvalue weighted by atomic mass is 32.2. The number of hydrogen-bond donors (Lipinski definition) is 0. The predicted octanol–water partition coefficient (Wildman–Crippen LogP) is 0.936. The second-order valence-corrected chi connectivity index (χ2v) is 5.06. The summed E-state index contributed by atoms with van der Waals surface area (Å²) in [4.78, 5) is 0. The van der Waals surface area contributed by atoms with Crippen LogP contribution < -0.4 is 4.74 Å². The zero-order chi connectivity index (χ0) is 12.7. The third-order valence-corrected chi connectivity index (χ3v) is 2.66. The van der Waals surface area contributed by atoms with Gasteiger partial charge in [0.15, 0.2) is 0 Å². The van der Waals surface area contributed by atoms with E-state index in [2.05, 4.69) is 0 Å². The molecule has 1 aromatic carbocycles. The SMILES string of the molecule is Cc1ccc(OCCOCCS(=O)(=O)[O-])cc1.